The Labute approximate surface area is 213 Å². The van der Waals surface area contributed by atoms with Crippen LogP contribution in [0.5, 0.6) is 11.5 Å². The summed E-state index contributed by atoms with van der Waals surface area (Å²) in [7, 11) is 1.51. The third-order valence-electron chi connectivity index (χ3n) is 5.08. The second kappa shape index (κ2) is 13.9. The second-order valence-electron chi connectivity index (χ2n) is 7.67. The number of ether oxygens (including phenoxy) is 3. The number of rotatable bonds is 11. The van der Waals surface area contributed by atoms with Crippen molar-refractivity contribution in [3.8, 4) is 11.5 Å². The molecule has 10 heteroatoms. The summed E-state index contributed by atoms with van der Waals surface area (Å²) in [6.45, 7) is -0.371. The number of hydrogen-bond acceptors (Lipinski definition) is 7. The van der Waals surface area contributed by atoms with E-state index in [2.05, 4.69) is 16.0 Å². The van der Waals surface area contributed by atoms with E-state index in [0.717, 1.165) is 5.56 Å². The van der Waals surface area contributed by atoms with E-state index in [0.29, 0.717) is 11.3 Å². The minimum atomic E-state index is -1.29. The molecule has 3 N–H and O–H groups in total. The first-order valence-corrected chi connectivity index (χ1v) is 11.3. The van der Waals surface area contributed by atoms with Crippen molar-refractivity contribution in [1.82, 2.24) is 16.0 Å². The molecule has 3 aromatic carbocycles. The number of nitrogens with one attached hydrogen (secondary N) is 3. The van der Waals surface area contributed by atoms with E-state index in [4.69, 9.17) is 14.2 Å². The van der Waals surface area contributed by atoms with Crippen molar-refractivity contribution in [2.75, 3.05) is 13.7 Å². The summed E-state index contributed by atoms with van der Waals surface area (Å²) in [5.41, 5.74) is 1.25. The lowest BCUT2D eigenvalue weighted by Gasteiger charge is -2.21. The number of carbonyl (C=O) groups is 3. The smallest absolute Gasteiger partial charge is 0.412 e. The molecule has 3 aromatic rings. The largest absolute Gasteiger partial charge is 0.497 e. The summed E-state index contributed by atoms with van der Waals surface area (Å²) < 4.78 is 15.4. The van der Waals surface area contributed by atoms with Crippen LogP contribution in [0, 0.1) is 0 Å². The fraction of sp³-hybridized carbons (Fsp3) is 0.185. The highest BCUT2D eigenvalue weighted by atomic mass is 16.6. The molecule has 3 amide bonds. The molecule has 2 unspecified atom stereocenters. The number of hydrogen-bond donors (Lipinski definition) is 3. The molecular weight excluding hydrogens is 478 g/mol. The molecule has 0 aromatic heterocycles. The fourth-order valence-electron chi connectivity index (χ4n) is 3.16. The number of methoxy groups -OCH3 is 1. The van der Waals surface area contributed by atoms with Crippen LogP contribution in [0.1, 0.15) is 17.2 Å². The molecule has 1 radical (unpaired) electrons. The van der Waals surface area contributed by atoms with Gasteiger partial charge in [-0.15, -0.1) is 0 Å². The zero-order chi connectivity index (χ0) is 26.5. The number of amides is 3. The molecule has 191 valence electrons. The summed E-state index contributed by atoms with van der Waals surface area (Å²) in [6, 6.07) is 21.4. The minimum absolute atomic E-state index is 0.0251. The normalized spacial score (nSPS) is 11.8. The summed E-state index contributed by atoms with van der Waals surface area (Å²) in [5, 5.41) is 7.35. The molecule has 0 aliphatic carbocycles. The predicted octanol–water partition coefficient (Wildman–Crippen LogP) is 3.05. The maximum atomic E-state index is 13.0. The van der Waals surface area contributed by atoms with E-state index in [1.165, 1.54) is 19.2 Å². The fourth-order valence-corrected chi connectivity index (χ4v) is 3.16. The van der Waals surface area contributed by atoms with Crippen molar-refractivity contribution in [3.63, 3.8) is 0 Å². The quantitative estimate of drug-likeness (QED) is 0.366. The van der Waals surface area contributed by atoms with Gasteiger partial charge in [0.25, 0.3) is 0 Å². The van der Waals surface area contributed by atoms with Crippen LogP contribution < -0.4 is 25.4 Å². The number of alkyl carbamates (subject to hydrolysis) is 1. The van der Waals surface area contributed by atoms with E-state index in [9.17, 15) is 19.2 Å². The number of benzene rings is 3. The highest BCUT2D eigenvalue weighted by Gasteiger charge is 2.26. The van der Waals surface area contributed by atoms with Gasteiger partial charge >= 0.3 is 12.2 Å². The van der Waals surface area contributed by atoms with Crippen LogP contribution in [0.2, 0.25) is 0 Å². The third kappa shape index (κ3) is 8.70. The van der Waals surface area contributed by atoms with Crippen molar-refractivity contribution < 1.29 is 33.4 Å². The third-order valence-corrected chi connectivity index (χ3v) is 5.08. The first kappa shape index (κ1) is 26.7. The SMILES string of the molecule is COc1ccc(OC(=O)NCC(NC(=O)OCc2ccccc2)C(=O)NC([C]=O)c2ccccc2)cc1. The lowest BCUT2D eigenvalue weighted by atomic mass is 10.1. The van der Waals surface area contributed by atoms with Gasteiger partial charge in [-0.25, -0.2) is 9.59 Å². The molecule has 2 atom stereocenters. The predicted molar refractivity (Wildman–Crippen MR) is 134 cm³/mol. The molecule has 0 saturated carbocycles. The molecule has 0 heterocycles. The first-order chi connectivity index (χ1) is 18.0. The zero-order valence-electron chi connectivity index (χ0n) is 20.0. The van der Waals surface area contributed by atoms with Gasteiger partial charge in [-0.1, -0.05) is 60.7 Å². The van der Waals surface area contributed by atoms with E-state index < -0.39 is 30.2 Å². The molecule has 0 fully saturated rings. The maximum absolute atomic E-state index is 13.0. The van der Waals surface area contributed by atoms with Gasteiger partial charge in [-0.3, -0.25) is 9.59 Å². The average molecular weight is 505 g/mol. The van der Waals surface area contributed by atoms with Crippen LogP contribution in [-0.2, 0) is 20.9 Å². The van der Waals surface area contributed by atoms with Crippen LogP contribution in [0.3, 0.4) is 0 Å². The van der Waals surface area contributed by atoms with Crippen LogP contribution >= 0.6 is 0 Å². The second-order valence-corrected chi connectivity index (χ2v) is 7.67. The van der Waals surface area contributed by atoms with Gasteiger partial charge < -0.3 is 30.2 Å². The maximum Gasteiger partial charge on any atom is 0.412 e. The van der Waals surface area contributed by atoms with Crippen LogP contribution in [0.4, 0.5) is 9.59 Å². The Morgan fingerprint density at radius 3 is 2.05 bits per heavy atom. The van der Waals surface area contributed by atoms with Gasteiger partial charge in [0.1, 0.15) is 30.2 Å². The van der Waals surface area contributed by atoms with Crippen molar-refractivity contribution in [2.45, 2.75) is 18.7 Å². The summed E-state index contributed by atoms with van der Waals surface area (Å²) in [5.74, 6) is 0.0931. The van der Waals surface area contributed by atoms with E-state index in [-0.39, 0.29) is 18.9 Å². The van der Waals surface area contributed by atoms with Gasteiger partial charge in [0.2, 0.25) is 12.2 Å². The molecular formula is C27H26N3O7. The average Bonchev–Trinajstić information content (AvgIpc) is 2.94. The van der Waals surface area contributed by atoms with E-state index in [1.807, 2.05) is 6.07 Å². The summed E-state index contributed by atoms with van der Waals surface area (Å²) in [6.07, 6.45) is 0.0171. The molecule has 0 aliphatic heterocycles. The van der Waals surface area contributed by atoms with Crippen molar-refractivity contribution in [1.29, 1.82) is 0 Å². The van der Waals surface area contributed by atoms with Crippen LogP contribution in [-0.4, -0.2) is 44.1 Å². The molecule has 0 spiro atoms. The summed E-state index contributed by atoms with van der Waals surface area (Å²) >= 11 is 0. The monoisotopic (exact) mass is 504 g/mol. The Bertz CT molecular complexity index is 1170. The minimum Gasteiger partial charge on any atom is -0.497 e. The summed E-state index contributed by atoms with van der Waals surface area (Å²) in [4.78, 5) is 49.2. The van der Waals surface area contributed by atoms with Crippen molar-refractivity contribution >= 4 is 24.4 Å². The van der Waals surface area contributed by atoms with E-state index in [1.54, 1.807) is 73.0 Å². The number of carbonyl (C=O) groups excluding carboxylic acids is 4. The Balaban J connectivity index is 1.63. The molecule has 37 heavy (non-hydrogen) atoms. The van der Waals surface area contributed by atoms with Gasteiger partial charge in [-0.05, 0) is 35.4 Å². The van der Waals surface area contributed by atoms with E-state index >= 15 is 0 Å². The van der Waals surface area contributed by atoms with Crippen LogP contribution in [0.25, 0.3) is 0 Å². The van der Waals surface area contributed by atoms with Crippen molar-refractivity contribution in [3.05, 3.63) is 96.1 Å². The molecule has 0 aliphatic rings. The highest BCUT2D eigenvalue weighted by molar-refractivity contribution is 5.88. The van der Waals surface area contributed by atoms with Gasteiger partial charge in [0.15, 0.2) is 0 Å². The zero-order valence-corrected chi connectivity index (χ0v) is 20.0. The molecule has 0 saturated heterocycles. The lowest BCUT2D eigenvalue weighted by molar-refractivity contribution is -0.123. The van der Waals surface area contributed by atoms with Gasteiger partial charge in [0.05, 0.1) is 13.7 Å². The van der Waals surface area contributed by atoms with Crippen LogP contribution in [0.15, 0.2) is 84.9 Å². The van der Waals surface area contributed by atoms with Gasteiger partial charge in [0, 0.05) is 0 Å². The standard InChI is InChI=1S/C27H26N3O7/c1-35-21-12-14-22(15-13-21)37-26(33)28-16-23(30-27(34)36-18-19-8-4-2-5-9-19)25(32)29-24(17-31)20-10-6-3-7-11-20/h2-15,23-24H,16,18H2,1H3,(H,28,33)(H,29,32)(H,30,34). The Morgan fingerprint density at radius 2 is 1.43 bits per heavy atom. The molecule has 10 nitrogen and oxygen atoms in total. The Hall–Kier alpha value is -4.86. The Morgan fingerprint density at radius 1 is 0.811 bits per heavy atom. The first-order valence-electron chi connectivity index (χ1n) is 11.3. The topological polar surface area (TPSA) is 132 Å². The molecule has 0 bridgehead atoms. The molecule has 3 rings (SSSR count). The van der Waals surface area contributed by atoms with Crippen molar-refractivity contribution in [2.24, 2.45) is 0 Å². The van der Waals surface area contributed by atoms with Gasteiger partial charge in [-0.2, -0.15) is 0 Å². The highest BCUT2D eigenvalue weighted by Crippen LogP contribution is 2.17. The Kier molecular flexibility index (Phi) is 10.0. The lowest BCUT2D eigenvalue weighted by Crippen LogP contribution is -2.53.